The number of rotatable bonds is 4. The Labute approximate surface area is 143 Å². The molecule has 24 heavy (non-hydrogen) atoms. The van der Waals surface area contributed by atoms with Gasteiger partial charge in [0.2, 0.25) is 10.0 Å². The third kappa shape index (κ3) is 3.29. The Morgan fingerprint density at radius 3 is 2.42 bits per heavy atom. The summed E-state index contributed by atoms with van der Waals surface area (Å²) in [5, 5.41) is 0. The molecule has 0 radical (unpaired) electrons. The monoisotopic (exact) mass is 343 g/mol. The summed E-state index contributed by atoms with van der Waals surface area (Å²) >= 11 is 0. The Kier molecular flexibility index (Phi) is 4.85. The number of sulfonamides is 1. The zero-order valence-corrected chi connectivity index (χ0v) is 14.4. The van der Waals surface area contributed by atoms with E-state index in [2.05, 4.69) is 6.58 Å². The molecular weight excluding hydrogens is 322 g/mol. The third-order valence-corrected chi connectivity index (χ3v) is 6.16. The second-order valence-corrected chi connectivity index (χ2v) is 7.81. The molecular formula is C19H21NO3S. The van der Waals surface area contributed by atoms with Crippen LogP contribution in [0.5, 0.6) is 0 Å². The van der Waals surface area contributed by atoms with Gasteiger partial charge in [-0.05, 0) is 24.6 Å². The van der Waals surface area contributed by atoms with Gasteiger partial charge in [-0.3, -0.25) is 0 Å². The second-order valence-electron chi connectivity index (χ2n) is 5.92. The molecule has 0 saturated carbocycles. The Hall–Kier alpha value is -1.95. The summed E-state index contributed by atoms with van der Waals surface area (Å²) in [6.07, 6.45) is 1.36. The first kappa shape index (κ1) is 16.9. The number of benzene rings is 2. The van der Waals surface area contributed by atoms with Gasteiger partial charge in [-0.15, -0.1) is 6.58 Å². The van der Waals surface area contributed by atoms with Gasteiger partial charge in [-0.2, -0.15) is 4.31 Å². The first-order chi connectivity index (χ1) is 11.5. The number of hydrogen-bond donors (Lipinski definition) is 0. The molecule has 2 aromatic carbocycles. The van der Waals surface area contributed by atoms with Crippen molar-refractivity contribution in [1.82, 2.24) is 4.31 Å². The largest absolute Gasteiger partial charge is 0.370 e. The maximum atomic E-state index is 13.1. The van der Waals surface area contributed by atoms with E-state index in [1.807, 2.05) is 49.4 Å². The molecule has 1 aliphatic rings. The molecule has 3 rings (SSSR count). The number of nitrogens with zero attached hydrogens (tertiary/aromatic N) is 1. The molecule has 0 amide bonds. The number of hydrogen-bond acceptors (Lipinski definition) is 3. The lowest BCUT2D eigenvalue weighted by Gasteiger charge is -2.37. The second kappa shape index (κ2) is 6.89. The van der Waals surface area contributed by atoms with E-state index in [0.29, 0.717) is 11.5 Å². The molecule has 4 nitrogen and oxygen atoms in total. The highest BCUT2D eigenvalue weighted by atomic mass is 32.2. The van der Waals surface area contributed by atoms with Crippen LogP contribution in [0.25, 0.3) is 0 Å². The minimum atomic E-state index is -3.60. The smallest absolute Gasteiger partial charge is 0.243 e. The van der Waals surface area contributed by atoms with Crippen LogP contribution in [-0.4, -0.2) is 31.9 Å². The minimum Gasteiger partial charge on any atom is -0.370 e. The normalized spacial score (nSPS) is 22.2. The molecule has 0 bridgehead atoms. The van der Waals surface area contributed by atoms with Crippen molar-refractivity contribution in [2.45, 2.75) is 24.0 Å². The van der Waals surface area contributed by atoms with E-state index < -0.39 is 10.0 Å². The Morgan fingerprint density at radius 2 is 1.79 bits per heavy atom. The van der Waals surface area contributed by atoms with Gasteiger partial charge >= 0.3 is 0 Å². The molecule has 0 aromatic heterocycles. The van der Waals surface area contributed by atoms with Crippen LogP contribution in [0, 0.1) is 6.92 Å². The lowest BCUT2D eigenvalue weighted by molar-refractivity contribution is -0.0215. The van der Waals surface area contributed by atoms with Crippen molar-refractivity contribution in [2.75, 3.05) is 13.2 Å². The average Bonchev–Trinajstić information content (AvgIpc) is 2.62. The van der Waals surface area contributed by atoms with Crippen LogP contribution < -0.4 is 0 Å². The number of ether oxygens (including phenoxy) is 1. The number of aryl methyl sites for hydroxylation is 1. The fourth-order valence-electron chi connectivity index (χ4n) is 2.83. The van der Waals surface area contributed by atoms with Gasteiger partial charge in [-0.25, -0.2) is 8.42 Å². The molecule has 0 spiro atoms. The lowest BCUT2D eigenvalue weighted by Crippen LogP contribution is -2.48. The average molecular weight is 343 g/mol. The SMILES string of the molecule is C=C[C@H]1CO[C@H](c2ccccc2)CN1S(=O)(=O)c1ccc(C)cc1. The van der Waals surface area contributed by atoms with Gasteiger partial charge < -0.3 is 4.74 Å². The fraction of sp³-hybridized carbons (Fsp3) is 0.263. The molecule has 1 saturated heterocycles. The summed E-state index contributed by atoms with van der Waals surface area (Å²) < 4.78 is 33.5. The van der Waals surface area contributed by atoms with Crippen molar-refractivity contribution in [3.63, 3.8) is 0 Å². The molecule has 0 N–H and O–H groups in total. The van der Waals surface area contributed by atoms with Crippen molar-refractivity contribution in [3.8, 4) is 0 Å². The summed E-state index contributed by atoms with van der Waals surface area (Å²) in [5.74, 6) is 0. The van der Waals surface area contributed by atoms with Gasteiger partial charge in [-0.1, -0.05) is 54.1 Å². The van der Waals surface area contributed by atoms with E-state index >= 15 is 0 Å². The summed E-state index contributed by atoms with van der Waals surface area (Å²) in [4.78, 5) is 0.300. The van der Waals surface area contributed by atoms with Crippen molar-refractivity contribution < 1.29 is 13.2 Å². The van der Waals surface area contributed by atoms with Crippen LogP contribution >= 0.6 is 0 Å². The topological polar surface area (TPSA) is 46.6 Å². The Balaban J connectivity index is 1.93. The standard InChI is InChI=1S/C19H21NO3S/c1-3-17-14-23-19(16-7-5-4-6-8-16)13-20(17)24(21,22)18-11-9-15(2)10-12-18/h3-12,17,19H,1,13-14H2,2H3/t17-,19-/m0/s1. The zero-order valence-electron chi connectivity index (χ0n) is 13.6. The van der Waals surface area contributed by atoms with E-state index in [1.165, 1.54) is 4.31 Å². The summed E-state index contributed by atoms with van der Waals surface area (Å²) in [6, 6.07) is 16.3. The lowest BCUT2D eigenvalue weighted by atomic mass is 10.1. The molecule has 2 aromatic rings. The van der Waals surface area contributed by atoms with Crippen molar-refractivity contribution >= 4 is 10.0 Å². The quantitative estimate of drug-likeness (QED) is 0.800. The van der Waals surface area contributed by atoms with Gasteiger partial charge in [0, 0.05) is 6.54 Å². The maximum Gasteiger partial charge on any atom is 0.243 e. The Morgan fingerprint density at radius 1 is 1.12 bits per heavy atom. The molecule has 0 aliphatic carbocycles. The van der Waals surface area contributed by atoms with Crippen LogP contribution in [-0.2, 0) is 14.8 Å². The summed E-state index contributed by atoms with van der Waals surface area (Å²) in [7, 11) is -3.60. The highest BCUT2D eigenvalue weighted by Gasteiger charge is 2.36. The number of morpholine rings is 1. The van der Waals surface area contributed by atoms with E-state index in [-0.39, 0.29) is 18.7 Å². The highest BCUT2D eigenvalue weighted by molar-refractivity contribution is 7.89. The van der Waals surface area contributed by atoms with E-state index in [1.54, 1.807) is 18.2 Å². The minimum absolute atomic E-state index is 0.275. The Bertz CT molecular complexity index is 800. The van der Waals surface area contributed by atoms with Crippen molar-refractivity contribution in [2.24, 2.45) is 0 Å². The van der Waals surface area contributed by atoms with Gasteiger partial charge in [0.15, 0.2) is 0 Å². The van der Waals surface area contributed by atoms with Crippen molar-refractivity contribution in [3.05, 3.63) is 78.4 Å². The van der Waals surface area contributed by atoms with E-state index in [9.17, 15) is 8.42 Å². The van der Waals surface area contributed by atoms with E-state index in [4.69, 9.17) is 4.74 Å². The molecule has 5 heteroatoms. The maximum absolute atomic E-state index is 13.1. The molecule has 1 fully saturated rings. The van der Waals surface area contributed by atoms with Crippen LogP contribution in [0.1, 0.15) is 17.2 Å². The summed E-state index contributed by atoms with van der Waals surface area (Å²) in [5.41, 5.74) is 2.00. The van der Waals surface area contributed by atoms with Gasteiger partial charge in [0.05, 0.1) is 23.6 Å². The first-order valence-corrected chi connectivity index (χ1v) is 9.34. The van der Waals surface area contributed by atoms with Crippen LogP contribution in [0.15, 0.2) is 72.1 Å². The van der Waals surface area contributed by atoms with Gasteiger partial charge in [0.1, 0.15) is 0 Å². The first-order valence-electron chi connectivity index (χ1n) is 7.90. The summed E-state index contributed by atoms with van der Waals surface area (Å²) in [6.45, 7) is 6.28. The zero-order chi connectivity index (χ0) is 17.2. The predicted octanol–water partition coefficient (Wildman–Crippen LogP) is 3.31. The highest BCUT2D eigenvalue weighted by Crippen LogP contribution is 2.29. The predicted molar refractivity (Wildman–Crippen MR) is 94.2 cm³/mol. The van der Waals surface area contributed by atoms with Crippen molar-refractivity contribution in [1.29, 1.82) is 0 Å². The van der Waals surface area contributed by atoms with Crippen LogP contribution in [0.2, 0.25) is 0 Å². The molecule has 2 atom stereocenters. The molecule has 0 unspecified atom stereocenters. The molecule has 126 valence electrons. The van der Waals surface area contributed by atoms with Gasteiger partial charge in [0.25, 0.3) is 0 Å². The third-order valence-electron chi connectivity index (χ3n) is 4.25. The van der Waals surface area contributed by atoms with Crippen LogP contribution in [0.4, 0.5) is 0 Å². The molecule has 1 heterocycles. The van der Waals surface area contributed by atoms with E-state index in [0.717, 1.165) is 11.1 Å². The van der Waals surface area contributed by atoms with Crippen LogP contribution in [0.3, 0.4) is 0 Å². The molecule has 1 aliphatic heterocycles. The fourth-order valence-corrected chi connectivity index (χ4v) is 4.41.